The molecule has 25 heavy (non-hydrogen) atoms. The lowest BCUT2D eigenvalue weighted by Gasteiger charge is -2.15. The molecule has 0 bridgehead atoms. The summed E-state index contributed by atoms with van der Waals surface area (Å²) in [4.78, 5) is 14.1. The van der Waals surface area contributed by atoms with Crippen LogP contribution in [0.25, 0.3) is 10.8 Å². The van der Waals surface area contributed by atoms with Crippen LogP contribution in [0.2, 0.25) is 0 Å². The van der Waals surface area contributed by atoms with Crippen LogP contribution in [0.4, 0.5) is 0 Å². The van der Waals surface area contributed by atoms with Crippen LogP contribution in [0.3, 0.4) is 0 Å². The Bertz CT molecular complexity index is 985. The van der Waals surface area contributed by atoms with Crippen LogP contribution in [0.1, 0.15) is 6.92 Å². The van der Waals surface area contributed by atoms with Gasteiger partial charge in [0.05, 0.1) is 0 Å². The molecule has 6 nitrogen and oxygen atoms in total. The minimum atomic E-state index is -3.77. The summed E-state index contributed by atoms with van der Waals surface area (Å²) in [7, 11) is -3.77. The first-order valence-electron chi connectivity index (χ1n) is 7.46. The summed E-state index contributed by atoms with van der Waals surface area (Å²) >= 11 is 1.06. The van der Waals surface area contributed by atoms with E-state index in [2.05, 4.69) is 10.3 Å². The lowest BCUT2D eigenvalue weighted by Crippen LogP contribution is -2.46. The molecule has 2 N–H and O–H groups in total. The average molecular weight is 376 g/mol. The van der Waals surface area contributed by atoms with Crippen molar-refractivity contribution in [3.05, 3.63) is 60.0 Å². The van der Waals surface area contributed by atoms with Crippen LogP contribution in [0, 0.1) is 0 Å². The molecule has 0 unspecified atom stereocenters. The van der Waals surface area contributed by atoms with E-state index in [4.69, 9.17) is 4.74 Å². The second-order valence-electron chi connectivity index (χ2n) is 5.30. The standard InChI is InChI=1S/C17H16N2O4S2/c1-12(17(20)18-19-25(21,22)16-7-4-10-24-16)23-15-9-8-13-5-2-3-6-14(13)11-15/h2-12,19H,1H3,(H,18,20)/t12-/m0/s1. The van der Waals surface area contributed by atoms with Gasteiger partial charge in [-0.3, -0.25) is 10.2 Å². The minimum Gasteiger partial charge on any atom is -0.481 e. The van der Waals surface area contributed by atoms with E-state index < -0.39 is 22.0 Å². The number of hydrogen-bond donors (Lipinski definition) is 2. The Balaban J connectivity index is 1.62. The topological polar surface area (TPSA) is 84.5 Å². The summed E-state index contributed by atoms with van der Waals surface area (Å²) in [5.74, 6) is -0.0595. The number of sulfonamides is 1. The maximum atomic E-state index is 12.1. The molecule has 0 radical (unpaired) electrons. The van der Waals surface area contributed by atoms with Gasteiger partial charge in [-0.25, -0.2) is 8.42 Å². The summed E-state index contributed by atoms with van der Waals surface area (Å²) in [5.41, 5.74) is 2.17. The molecular formula is C17H16N2O4S2. The van der Waals surface area contributed by atoms with Crippen LogP contribution in [-0.2, 0) is 14.8 Å². The predicted octanol–water partition coefficient (Wildman–Crippen LogP) is 2.68. The van der Waals surface area contributed by atoms with Crippen LogP contribution < -0.4 is 15.0 Å². The fourth-order valence-corrected chi connectivity index (χ4v) is 4.02. The van der Waals surface area contributed by atoms with Gasteiger partial charge in [-0.1, -0.05) is 36.4 Å². The Morgan fingerprint density at radius 2 is 1.84 bits per heavy atom. The van der Waals surface area contributed by atoms with E-state index in [1.165, 1.54) is 6.07 Å². The van der Waals surface area contributed by atoms with Gasteiger partial charge in [0.15, 0.2) is 6.10 Å². The lowest BCUT2D eigenvalue weighted by molar-refractivity contribution is -0.127. The SMILES string of the molecule is C[C@H](Oc1ccc2ccccc2c1)C(=O)NNS(=O)(=O)c1cccs1. The Hall–Kier alpha value is -2.42. The van der Waals surface area contributed by atoms with Gasteiger partial charge in [0.25, 0.3) is 15.9 Å². The highest BCUT2D eigenvalue weighted by Gasteiger charge is 2.20. The number of thiophene rings is 1. The first kappa shape index (κ1) is 17.4. The number of amides is 1. The predicted molar refractivity (Wildman–Crippen MR) is 96.8 cm³/mol. The molecule has 2 aromatic carbocycles. The van der Waals surface area contributed by atoms with Crippen LogP contribution >= 0.6 is 11.3 Å². The molecule has 0 aliphatic heterocycles. The average Bonchev–Trinajstić information content (AvgIpc) is 3.15. The molecule has 0 aliphatic rings. The third-order valence-electron chi connectivity index (χ3n) is 3.47. The number of carbonyl (C=O) groups excluding carboxylic acids is 1. The number of fused-ring (bicyclic) bond motifs is 1. The zero-order valence-corrected chi connectivity index (χ0v) is 14.9. The molecule has 130 valence electrons. The van der Waals surface area contributed by atoms with E-state index in [0.717, 1.165) is 22.1 Å². The van der Waals surface area contributed by atoms with Crippen LogP contribution in [-0.4, -0.2) is 20.4 Å². The number of ether oxygens (including phenoxy) is 1. The van der Waals surface area contributed by atoms with Crippen molar-refractivity contribution in [1.29, 1.82) is 0 Å². The molecule has 3 rings (SSSR count). The van der Waals surface area contributed by atoms with Gasteiger partial charge in [0.1, 0.15) is 9.96 Å². The molecule has 0 saturated carbocycles. The normalized spacial score (nSPS) is 12.7. The van der Waals surface area contributed by atoms with Crippen molar-refractivity contribution in [2.45, 2.75) is 17.2 Å². The third kappa shape index (κ3) is 4.16. The second-order valence-corrected chi connectivity index (χ2v) is 8.15. The van der Waals surface area contributed by atoms with E-state index in [1.807, 2.05) is 36.4 Å². The van der Waals surface area contributed by atoms with Gasteiger partial charge in [-0.15, -0.1) is 16.2 Å². The zero-order valence-electron chi connectivity index (χ0n) is 13.3. The number of carbonyl (C=O) groups is 1. The van der Waals surface area contributed by atoms with Crippen molar-refractivity contribution in [2.24, 2.45) is 0 Å². The van der Waals surface area contributed by atoms with Gasteiger partial charge in [0.2, 0.25) is 0 Å². The minimum absolute atomic E-state index is 0.121. The number of rotatable bonds is 6. The Morgan fingerprint density at radius 1 is 1.08 bits per heavy atom. The van der Waals surface area contributed by atoms with E-state index >= 15 is 0 Å². The zero-order chi connectivity index (χ0) is 17.9. The fourth-order valence-electron chi connectivity index (χ4n) is 2.18. The summed E-state index contributed by atoms with van der Waals surface area (Å²) in [6.07, 6.45) is -0.868. The first-order valence-corrected chi connectivity index (χ1v) is 9.82. The molecule has 8 heteroatoms. The monoisotopic (exact) mass is 376 g/mol. The Morgan fingerprint density at radius 3 is 2.56 bits per heavy atom. The number of hydrogen-bond acceptors (Lipinski definition) is 5. The van der Waals surface area contributed by atoms with Crippen molar-refractivity contribution in [3.63, 3.8) is 0 Å². The highest BCUT2D eigenvalue weighted by molar-refractivity contribution is 7.91. The van der Waals surface area contributed by atoms with Crippen molar-refractivity contribution >= 4 is 38.0 Å². The molecule has 0 spiro atoms. The lowest BCUT2D eigenvalue weighted by atomic mass is 10.1. The smallest absolute Gasteiger partial charge is 0.275 e. The van der Waals surface area contributed by atoms with E-state index in [-0.39, 0.29) is 4.21 Å². The molecule has 0 saturated heterocycles. The Labute approximate surface area is 149 Å². The molecule has 3 aromatic rings. The van der Waals surface area contributed by atoms with Crippen LogP contribution in [0.5, 0.6) is 5.75 Å². The van der Waals surface area contributed by atoms with Crippen molar-refractivity contribution in [2.75, 3.05) is 0 Å². The quantitative estimate of drug-likeness (QED) is 0.648. The largest absolute Gasteiger partial charge is 0.481 e. The molecular weight excluding hydrogens is 360 g/mol. The highest BCUT2D eigenvalue weighted by Crippen LogP contribution is 2.21. The summed E-state index contributed by atoms with van der Waals surface area (Å²) in [6, 6.07) is 16.4. The maximum absolute atomic E-state index is 12.1. The van der Waals surface area contributed by atoms with Gasteiger partial charge in [-0.2, -0.15) is 0 Å². The van der Waals surface area contributed by atoms with Crippen molar-refractivity contribution < 1.29 is 17.9 Å². The number of benzene rings is 2. The van der Waals surface area contributed by atoms with E-state index in [0.29, 0.717) is 5.75 Å². The summed E-state index contributed by atoms with van der Waals surface area (Å²) < 4.78 is 29.7. The van der Waals surface area contributed by atoms with Gasteiger partial charge in [-0.05, 0) is 41.3 Å². The fraction of sp³-hybridized carbons (Fsp3) is 0.118. The summed E-state index contributed by atoms with van der Waals surface area (Å²) in [6.45, 7) is 1.55. The van der Waals surface area contributed by atoms with Gasteiger partial charge in [0, 0.05) is 0 Å². The van der Waals surface area contributed by atoms with E-state index in [1.54, 1.807) is 24.4 Å². The van der Waals surface area contributed by atoms with Gasteiger partial charge >= 0.3 is 0 Å². The maximum Gasteiger partial charge on any atom is 0.275 e. The molecule has 1 amide bonds. The summed E-state index contributed by atoms with van der Waals surface area (Å²) in [5, 5.41) is 3.70. The van der Waals surface area contributed by atoms with Crippen LogP contribution in [0.15, 0.2) is 64.2 Å². The number of nitrogens with one attached hydrogen (secondary N) is 2. The second kappa shape index (κ2) is 7.22. The van der Waals surface area contributed by atoms with Crippen molar-refractivity contribution in [1.82, 2.24) is 10.3 Å². The highest BCUT2D eigenvalue weighted by atomic mass is 32.2. The molecule has 0 fully saturated rings. The van der Waals surface area contributed by atoms with Gasteiger partial charge < -0.3 is 4.74 Å². The molecule has 1 heterocycles. The molecule has 1 aromatic heterocycles. The number of hydrazine groups is 1. The molecule has 1 atom stereocenters. The Kier molecular flexibility index (Phi) is 5.03. The first-order chi connectivity index (χ1) is 12.0. The molecule has 0 aliphatic carbocycles. The third-order valence-corrected chi connectivity index (χ3v) is 6.12. The van der Waals surface area contributed by atoms with E-state index in [9.17, 15) is 13.2 Å². The van der Waals surface area contributed by atoms with Crippen molar-refractivity contribution in [3.8, 4) is 5.75 Å².